The molecule has 1 aromatic heterocycles. The average molecular weight is 438 g/mol. The van der Waals surface area contributed by atoms with Crippen LogP contribution >= 0.6 is 0 Å². The van der Waals surface area contributed by atoms with Crippen LogP contribution in [0.15, 0.2) is 36.7 Å². The number of morpholine rings is 1. The van der Waals surface area contributed by atoms with E-state index in [-0.39, 0.29) is 12.0 Å². The first-order valence-corrected chi connectivity index (χ1v) is 11.3. The van der Waals surface area contributed by atoms with Crippen LogP contribution in [0.3, 0.4) is 0 Å². The van der Waals surface area contributed by atoms with E-state index in [4.69, 9.17) is 10.5 Å². The first-order chi connectivity index (χ1) is 15.5. The highest BCUT2D eigenvalue weighted by molar-refractivity contribution is 5.93. The maximum Gasteiger partial charge on any atom is 0.248 e. The SMILES string of the molecule is CC1CCN(CCC(=O)N2CCOC(c3nccnc3-c3ccc(C(N)=O)cc3)C2)CC1. The van der Waals surface area contributed by atoms with E-state index >= 15 is 0 Å². The van der Waals surface area contributed by atoms with Crippen LogP contribution in [-0.4, -0.2) is 70.9 Å². The van der Waals surface area contributed by atoms with Crippen LogP contribution in [0, 0.1) is 5.92 Å². The molecule has 0 spiro atoms. The first kappa shape index (κ1) is 22.4. The highest BCUT2D eigenvalue weighted by Crippen LogP contribution is 2.29. The summed E-state index contributed by atoms with van der Waals surface area (Å²) in [5, 5.41) is 0. The Kier molecular flexibility index (Phi) is 7.12. The Bertz CT molecular complexity index is 941. The lowest BCUT2D eigenvalue weighted by atomic mass is 9.99. The zero-order valence-electron chi connectivity index (χ0n) is 18.6. The van der Waals surface area contributed by atoms with Crippen molar-refractivity contribution in [3.05, 3.63) is 47.9 Å². The minimum absolute atomic E-state index is 0.160. The predicted molar refractivity (Wildman–Crippen MR) is 121 cm³/mol. The van der Waals surface area contributed by atoms with Crippen molar-refractivity contribution in [3.8, 4) is 11.3 Å². The van der Waals surface area contributed by atoms with Crippen LogP contribution in [0.2, 0.25) is 0 Å². The van der Waals surface area contributed by atoms with E-state index in [2.05, 4.69) is 21.8 Å². The van der Waals surface area contributed by atoms with Gasteiger partial charge in [-0.05, 0) is 44.0 Å². The second-order valence-corrected chi connectivity index (χ2v) is 8.71. The summed E-state index contributed by atoms with van der Waals surface area (Å²) < 4.78 is 5.99. The van der Waals surface area contributed by atoms with Gasteiger partial charge in [0.2, 0.25) is 11.8 Å². The molecule has 2 saturated heterocycles. The Hall–Kier alpha value is -2.84. The van der Waals surface area contributed by atoms with Crippen molar-refractivity contribution in [2.75, 3.05) is 39.3 Å². The molecule has 0 saturated carbocycles. The second-order valence-electron chi connectivity index (χ2n) is 8.71. The lowest BCUT2D eigenvalue weighted by Gasteiger charge is -2.34. The molecule has 2 aromatic rings. The quantitative estimate of drug-likeness (QED) is 0.744. The van der Waals surface area contributed by atoms with E-state index in [0.29, 0.717) is 43.1 Å². The third-order valence-corrected chi connectivity index (χ3v) is 6.41. The van der Waals surface area contributed by atoms with Gasteiger partial charge in [0.25, 0.3) is 0 Å². The van der Waals surface area contributed by atoms with E-state index in [0.717, 1.165) is 31.1 Å². The van der Waals surface area contributed by atoms with Gasteiger partial charge in [-0.15, -0.1) is 0 Å². The molecule has 4 rings (SSSR count). The Morgan fingerprint density at radius 1 is 1.09 bits per heavy atom. The van der Waals surface area contributed by atoms with Crippen LogP contribution in [0.5, 0.6) is 0 Å². The molecule has 2 N–H and O–H groups in total. The highest BCUT2D eigenvalue weighted by Gasteiger charge is 2.29. The standard InChI is InChI=1S/C24H31N5O3/c1-17-6-11-28(12-7-17)13-8-21(30)29-14-15-32-20(16-29)23-22(26-9-10-27-23)18-2-4-19(5-3-18)24(25)31/h2-5,9-10,17,20H,6-8,11-16H2,1H3,(H2,25,31). The van der Waals surface area contributed by atoms with E-state index in [1.165, 1.54) is 12.8 Å². The number of rotatable bonds is 6. The number of carbonyl (C=O) groups excluding carboxylic acids is 2. The van der Waals surface area contributed by atoms with Crippen molar-refractivity contribution in [2.24, 2.45) is 11.7 Å². The molecule has 2 aliphatic heterocycles. The fourth-order valence-corrected chi connectivity index (χ4v) is 4.34. The second kappa shape index (κ2) is 10.2. The van der Waals surface area contributed by atoms with Crippen molar-refractivity contribution >= 4 is 11.8 Å². The molecule has 1 unspecified atom stereocenters. The summed E-state index contributed by atoms with van der Waals surface area (Å²) in [6, 6.07) is 6.96. The molecule has 2 fully saturated rings. The smallest absolute Gasteiger partial charge is 0.248 e. The topological polar surface area (TPSA) is 102 Å². The van der Waals surface area contributed by atoms with Gasteiger partial charge in [-0.3, -0.25) is 19.6 Å². The molecule has 2 aliphatic rings. The Morgan fingerprint density at radius 2 is 1.81 bits per heavy atom. The zero-order valence-corrected chi connectivity index (χ0v) is 18.6. The third-order valence-electron chi connectivity index (χ3n) is 6.41. The summed E-state index contributed by atoms with van der Waals surface area (Å²) in [4.78, 5) is 37.6. The van der Waals surface area contributed by atoms with Gasteiger partial charge in [0, 0.05) is 43.0 Å². The number of hydrogen-bond donors (Lipinski definition) is 1. The monoisotopic (exact) mass is 437 g/mol. The van der Waals surface area contributed by atoms with E-state index < -0.39 is 5.91 Å². The molecular weight excluding hydrogens is 406 g/mol. The largest absolute Gasteiger partial charge is 0.368 e. The van der Waals surface area contributed by atoms with Gasteiger partial charge in [-0.2, -0.15) is 0 Å². The van der Waals surface area contributed by atoms with Crippen molar-refractivity contribution in [2.45, 2.75) is 32.3 Å². The first-order valence-electron chi connectivity index (χ1n) is 11.3. The van der Waals surface area contributed by atoms with Crippen molar-refractivity contribution in [1.82, 2.24) is 19.8 Å². The van der Waals surface area contributed by atoms with Gasteiger partial charge in [0.05, 0.1) is 24.5 Å². The number of nitrogens with two attached hydrogens (primary N) is 1. The molecule has 8 heteroatoms. The minimum atomic E-state index is -0.472. The number of nitrogens with zero attached hydrogens (tertiary/aromatic N) is 4. The molecule has 0 bridgehead atoms. The number of primary amides is 1. The number of amides is 2. The molecule has 0 aliphatic carbocycles. The fraction of sp³-hybridized carbons (Fsp3) is 0.500. The predicted octanol–water partition coefficient (Wildman–Crippen LogP) is 2.26. The highest BCUT2D eigenvalue weighted by atomic mass is 16.5. The number of hydrogen-bond acceptors (Lipinski definition) is 6. The van der Waals surface area contributed by atoms with Gasteiger partial charge >= 0.3 is 0 Å². The van der Waals surface area contributed by atoms with E-state index in [1.807, 2.05) is 4.90 Å². The fourth-order valence-electron chi connectivity index (χ4n) is 4.34. The molecule has 3 heterocycles. The summed E-state index contributed by atoms with van der Waals surface area (Å²) in [5.74, 6) is 0.475. The Balaban J connectivity index is 1.42. The van der Waals surface area contributed by atoms with Gasteiger partial charge in [0.15, 0.2) is 0 Å². The lowest BCUT2D eigenvalue weighted by molar-refractivity contribution is -0.139. The summed E-state index contributed by atoms with van der Waals surface area (Å²) in [5.41, 5.74) is 7.99. The van der Waals surface area contributed by atoms with Crippen molar-refractivity contribution in [3.63, 3.8) is 0 Å². The summed E-state index contributed by atoms with van der Waals surface area (Å²) in [6.07, 6.45) is 5.88. The molecular formula is C24H31N5O3. The number of likely N-dealkylation sites (tertiary alicyclic amines) is 1. The number of ether oxygens (including phenoxy) is 1. The molecule has 170 valence electrons. The maximum absolute atomic E-state index is 12.9. The normalized spacial score (nSPS) is 20.3. The minimum Gasteiger partial charge on any atom is -0.368 e. The summed E-state index contributed by atoms with van der Waals surface area (Å²) in [7, 11) is 0. The molecule has 2 amide bonds. The van der Waals surface area contributed by atoms with Crippen LogP contribution in [0.1, 0.15) is 48.3 Å². The Labute approximate surface area is 188 Å². The number of aromatic nitrogens is 2. The number of benzene rings is 1. The summed E-state index contributed by atoms with van der Waals surface area (Å²) >= 11 is 0. The van der Waals surface area contributed by atoms with Crippen molar-refractivity contribution < 1.29 is 14.3 Å². The van der Waals surface area contributed by atoms with Gasteiger partial charge in [0.1, 0.15) is 6.10 Å². The zero-order chi connectivity index (χ0) is 22.5. The van der Waals surface area contributed by atoms with Gasteiger partial charge < -0.3 is 20.3 Å². The molecule has 8 nitrogen and oxygen atoms in total. The molecule has 1 aromatic carbocycles. The van der Waals surface area contributed by atoms with Crippen LogP contribution < -0.4 is 5.73 Å². The average Bonchev–Trinajstić information content (AvgIpc) is 2.83. The van der Waals surface area contributed by atoms with Gasteiger partial charge in [-0.1, -0.05) is 19.1 Å². The number of carbonyl (C=O) groups is 2. The molecule has 32 heavy (non-hydrogen) atoms. The van der Waals surface area contributed by atoms with E-state index in [1.54, 1.807) is 36.7 Å². The van der Waals surface area contributed by atoms with Gasteiger partial charge in [-0.25, -0.2) is 0 Å². The van der Waals surface area contributed by atoms with Crippen LogP contribution in [0.25, 0.3) is 11.3 Å². The van der Waals surface area contributed by atoms with Crippen LogP contribution in [0.4, 0.5) is 0 Å². The third kappa shape index (κ3) is 5.31. The Morgan fingerprint density at radius 3 is 2.53 bits per heavy atom. The summed E-state index contributed by atoms with van der Waals surface area (Å²) in [6.45, 7) is 6.79. The van der Waals surface area contributed by atoms with Crippen molar-refractivity contribution in [1.29, 1.82) is 0 Å². The lowest BCUT2D eigenvalue weighted by Crippen LogP contribution is -2.44. The molecule has 0 radical (unpaired) electrons. The maximum atomic E-state index is 12.9. The van der Waals surface area contributed by atoms with E-state index in [9.17, 15) is 9.59 Å². The number of piperidine rings is 1. The molecule has 1 atom stereocenters. The van der Waals surface area contributed by atoms with Crippen LogP contribution in [-0.2, 0) is 9.53 Å².